The van der Waals surface area contributed by atoms with Crippen molar-refractivity contribution >= 4 is 51.0 Å². The maximum atomic E-state index is 12.7. The number of hydrogen-bond acceptors (Lipinski definition) is 7. The third-order valence-corrected chi connectivity index (χ3v) is 5.53. The highest BCUT2D eigenvalue weighted by atomic mass is 16.2. The molecule has 0 saturated heterocycles. The van der Waals surface area contributed by atoms with Crippen molar-refractivity contribution < 1.29 is 9.59 Å². The van der Waals surface area contributed by atoms with E-state index in [-0.39, 0.29) is 17.4 Å². The highest BCUT2D eigenvalue weighted by molar-refractivity contribution is 6.03. The van der Waals surface area contributed by atoms with Crippen LogP contribution in [-0.4, -0.2) is 26.6 Å². The fourth-order valence-electron chi connectivity index (χ4n) is 3.67. The number of Topliss-reactive ketones (excluding diaryl/α,β-unsaturated/α-hetero) is 1. The number of rotatable bonds is 7. The molecule has 0 atom stereocenters. The Balaban J connectivity index is 1.25. The Labute approximate surface area is 207 Å². The second kappa shape index (κ2) is 10.0. The molecule has 36 heavy (non-hydrogen) atoms. The van der Waals surface area contributed by atoms with Gasteiger partial charge in [0.25, 0.3) is 5.91 Å². The molecule has 3 N–H and O–H groups in total. The average Bonchev–Trinajstić information content (AvgIpc) is 2.91. The lowest BCUT2D eigenvalue weighted by molar-refractivity contribution is 0.101. The Morgan fingerprint density at radius 3 is 2.14 bits per heavy atom. The first-order chi connectivity index (χ1) is 17.5. The van der Waals surface area contributed by atoms with Gasteiger partial charge in [-0.05, 0) is 79.7 Å². The van der Waals surface area contributed by atoms with Crippen LogP contribution in [0.4, 0.5) is 28.4 Å². The molecule has 3 heterocycles. The summed E-state index contributed by atoms with van der Waals surface area (Å²) in [6, 6.07) is 21.8. The predicted octanol–water partition coefficient (Wildman–Crippen LogP) is 5.97. The normalized spacial score (nSPS) is 10.6. The van der Waals surface area contributed by atoms with Crippen molar-refractivity contribution in [2.75, 3.05) is 16.0 Å². The monoisotopic (exact) mass is 474 g/mol. The number of amides is 1. The molecule has 8 heteroatoms. The molecule has 0 aliphatic rings. The fourth-order valence-corrected chi connectivity index (χ4v) is 3.67. The van der Waals surface area contributed by atoms with Gasteiger partial charge in [-0.3, -0.25) is 19.6 Å². The van der Waals surface area contributed by atoms with Crippen molar-refractivity contribution in [2.45, 2.75) is 6.92 Å². The smallest absolute Gasteiger partial charge is 0.274 e. The van der Waals surface area contributed by atoms with Crippen molar-refractivity contribution in [2.24, 2.45) is 0 Å². The van der Waals surface area contributed by atoms with Crippen LogP contribution >= 0.6 is 0 Å². The molecule has 5 aromatic rings. The topological polar surface area (TPSA) is 109 Å². The molecule has 5 rings (SSSR count). The number of benzene rings is 2. The zero-order valence-corrected chi connectivity index (χ0v) is 19.4. The van der Waals surface area contributed by atoms with Gasteiger partial charge >= 0.3 is 0 Å². The maximum absolute atomic E-state index is 12.7. The van der Waals surface area contributed by atoms with Gasteiger partial charge in [-0.1, -0.05) is 0 Å². The van der Waals surface area contributed by atoms with E-state index in [4.69, 9.17) is 0 Å². The minimum atomic E-state index is -0.308. The Kier molecular flexibility index (Phi) is 6.31. The first kappa shape index (κ1) is 22.7. The number of fused-ring (bicyclic) bond motifs is 1. The van der Waals surface area contributed by atoms with Gasteiger partial charge in [-0.2, -0.15) is 0 Å². The number of ketones is 1. The van der Waals surface area contributed by atoms with Crippen LogP contribution in [0.25, 0.3) is 10.9 Å². The van der Waals surface area contributed by atoms with Crippen LogP contribution in [0.1, 0.15) is 27.8 Å². The average molecular weight is 475 g/mol. The van der Waals surface area contributed by atoms with E-state index >= 15 is 0 Å². The van der Waals surface area contributed by atoms with Crippen LogP contribution in [0.2, 0.25) is 0 Å². The van der Waals surface area contributed by atoms with Crippen LogP contribution in [0.3, 0.4) is 0 Å². The van der Waals surface area contributed by atoms with E-state index in [1.807, 2.05) is 54.6 Å². The quantitative estimate of drug-likeness (QED) is 0.249. The van der Waals surface area contributed by atoms with Gasteiger partial charge in [0.15, 0.2) is 5.78 Å². The van der Waals surface area contributed by atoms with Gasteiger partial charge in [-0.25, -0.2) is 4.98 Å². The molecule has 0 aliphatic carbocycles. The molecule has 0 aliphatic heterocycles. The number of carbonyl (C=O) groups excluding carboxylic acids is 2. The molecule has 1 amide bonds. The molecule has 8 nitrogen and oxygen atoms in total. The standard InChI is InChI=1S/C28H22N6O2/c1-18(35)19-2-8-25-24(16-19)26(12-15-30-25)33-23-7-9-27(31-17-23)28(36)34-21-5-3-20(4-6-21)32-22-10-13-29-14-11-22/h2-17H,1H3,(H,29,32)(H,30,33)(H,34,36). The van der Waals surface area contributed by atoms with Crippen LogP contribution in [-0.2, 0) is 0 Å². The molecular formula is C28H22N6O2. The van der Waals surface area contributed by atoms with Gasteiger partial charge in [0, 0.05) is 52.3 Å². The molecule has 0 fully saturated rings. The van der Waals surface area contributed by atoms with E-state index in [1.54, 1.807) is 43.0 Å². The Hall–Kier alpha value is -5.11. The number of nitrogens with zero attached hydrogens (tertiary/aromatic N) is 3. The second-order valence-electron chi connectivity index (χ2n) is 8.10. The van der Waals surface area contributed by atoms with Crippen molar-refractivity contribution in [3.05, 3.63) is 109 Å². The van der Waals surface area contributed by atoms with Gasteiger partial charge in [0.05, 0.1) is 17.4 Å². The summed E-state index contributed by atoms with van der Waals surface area (Å²) >= 11 is 0. The van der Waals surface area contributed by atoms with Gasteiger partial charge in [0.2, 0.25) is 0 Å². The summed E-state index contributed by atoms with van der Waals surface area (Å²) in [6.07, 6.45) is 6.73. The lowest BCUT2D eigenvalue weighted by Gasteiger charge is -2.11. The van der Waals surface area contributed by atoms with E-state index in [0.717, 1.165) is 28.0 Å². The number of hydrogen-bond donors (Lipinski definition) is 3. The summed E-state index contributed by atoms with van der Waals surface area (Å²) in [5.74, 6) is -0.319. The Morgan fingerprint density at radius 1 is 0.694 bits per heavy atom. The lowest BCUT2D eigenvalue weighted by Crippen LogP contribution is -2.13. The zero-order chi connectivity index (χ0) is 24.9. The third-order valence-electron chi connectivity index (χ3n) is 5.53. The van der Waals surface area contributed by atoms with Gasteiger partial charge in [-0.15, -0.1) is 0 Å². The molecule has 0 bridgehead atoms. The number of nitrogens with one attached hydrogen (secondary N) is 3. The number of pyridine rings is 3. The first-order valence-electron chi connectivity index (χ1n) is 11.3. The van der Waals surface area contributed by atoms with Crippen LogP contribution < -0.4 is 16.0 Å². The van der Waals surface area contributed by atoms with Gasteiger partial charge in [0.1, 0.15) is 5.69 Å². The summed E-state index contributed by atoms with van der Waals surface area (Å²) in [5.41, 5.74) is 5.67. The number of aromatic nitrogens is 3. The summed E-state index contributed by atoms with van der Waals surface area (Å²) in [5, 5.41) is 10.3. The molecule has 0 unspecified atom stereocenters. The largest absolute Gasteiger partial charge is 0.355 e. The van der Waals surface area contributed by atoms with Crippen LogP contribution in [0, 0.1) is 0 Å². The van der Waals surface area contributed by atoms with E-state index in [9.17, 15) is 9.59 Å². The number of carbonyl (C=O) groups is 2. The van der Waals surface area contributed by atoms with Crippen molar-refractivity contribution in [1.29, 1.82) is 0 Å². The first-order valence-corrected chi connectivity index (χ1v) is 11.3. The highest BCUT2D eigenvalue weighted by Crippen LogP contribution is 2.26. The third kappa shape index (κ3) is 5.18. The summed E-state index contributed by atoms with van der Waals surface area (Å²) in [4.78, 5) is 37.1. The van der Waals surface area contributed by atoms with E-state index in [1.165, 1.54) is 6.92 Å². The lowest BCUT2D eigenvalue weighted by atomic mass is 10.1. The minimum Gasteiger partial charge on any atom is -0.355 e. The van der Waals surface area contributed by atoms with E-state index in [2.05, 4.69) is 30.9 Å². The molecule has 176 valence electrons. The highest BCUT2D eigenvalue weighted by Gasteiger charge is 2.10. The molecule has 3 aromatic heterocycles. The van der Waals surface area contributed by atoms with Crippen molar-refractivity contribution in [3.63, 3.8) is 0 Å². The van der Waals surface area contributed by atoms with Gasteiger partial charge < -0.3 is 16.0 Å². The zero-order valence-electron chi connectivity index (χ0n) is 19.4. The molecule has 0 saturated carbocycles. The number of anilines is 5. The van der Waals surface area contributed by atoms with Crippen molar-refractivity contribution in [1.82, 2.24) is 15.0 Å². The molecular weight excluding hydrogens is 452 g/mol. The Morgan fingerprint density at radius 2 is 1.42 bits per heavy atom. The molecule has 2 aromatic carbocycles. The Bertz CT molecular complexity index is 1540. The summed E-state index contributed by atoms with van der Waals surface area (Å²) in [6.45, 7) is 1.53. The second-order valence-corrected chi connectivity index (χ2v) is 8.10. The van der Waals surface area contributed by atoms with Crippen LogP contribution in [0.15, 0.2) is 97.6 Å². The maximum Gasteiger partial charge on any atom is 0.274 e. The van der Waals surface area contributed by atoms with Crippen molar-refractivity contribution in [3.8, 4) is 0 Å². The van der Waals surface area contributed by atoms with E-state index in [0.29, 0.717) is 16.9 Å². The predicted molar refractivity (Wildman–Crippen MR) is 141 cm³/mol. The minimum absolute atomic E-state index is 0.0108. The summed E-state index contributed by atoms with van der Waals surface area (Å²) < 4.78 is 0. The fraction of sp³-hybridized carbons (Fsp3) is 0.0357. The molecule has 0 radical (unpaired) electrons. The van der Waals surface area contributed by atoms with Crippen LogP contribution in [0.5, 0.6) is 0 Å². The SMILES string of the molecule is CC(=O)c1ccc2nccc(Nc3ccc(C(=O)Nc4ccc(Nc5ccncc5)cc4)nc3)c2c1. The molecule has 0 spiro atoms. The van der Waals surface area contributed by atoms with E-state index < -0.39 is 0 Å². The summed E-state index contributed by atoms with van der Waals surface area (Å²) in [7, 11) is 0.